The summed E-state index contributed by atoms with van der Waals surface area (Å²) in [5.74, 6) is -0.444. The van der Waals surface area contributed by atoms with Crippen molar-refractivity contribution in [2.75, 3.05) is 5.88 Å². The first-order valence-electron chi connectivity index (χ1n) is 1.36. The second kappa shape index (κ2) is 2.85. The highest BCUT2D eigenvalue weighted by Crippen LogP contribution is 1.75. The highest BCUT2D eigenvalue weighted by molar-refractivity contribution is 6.27. The summed E-state index contributed by atoms with van der Waals surface area (Å²) in [5, 5.41) is 0. The van der Waals surface area contributed by atoms with E-state index in [9.17, 15) is 4.79 Å². The lowest BCUT2D eigenvalue weighted by Crippen LogP contribution is -1.89. The minimum absolute atomic E-state index is 0.0660. The van der Waals surface area contributed by atoms with Crippen LogP contribution in [0.1, 0.15) is 0 Å². The number of aliphatic imine (C=N–C) groups is 1. The quantitative estimate of drug-likeness (QED) is 0.352. The predicted molar refractivity (Wildman–Crippen MR) is 25.3 cm³/mol. The van der Waals surface area contributed by atoms with Crippen molar-refractivity contribution in [3.05, 3.63) is 0 Å². The fourth-order valence-electron chi connectivity index (χ4n) is 0.0423. The van der Waals surface area contributed by atoms with Crippen LogP contribution in [0.4, 0.5) is 0 Å². The molecule has 1 amide bonds. The molecule has 0 spiro atoms. The summed E-state index contributed by atoms with van der Waals surface area (Å²) < 4.78 is 0. The predicted octanol–water partition coefficient (Wildman–Crippen LogP) is 0.452. The molecule has 34 valence electrons. The van der Waals surface area contributed by atoms with Gasteiger partial charge in [0.25, 0.3) is 5.91 Å². The topological polar surface area (TPSA) is 29.4 Å². The standard InChI is InChI=1S/C3H4ClNO/c1-5-3(6)2-4/h1-2H2. The molecule has 0 aliphatic rings. The van der Waals surface area contributed by atoms with Crippen LogP contribution >= 0.6 is 11.6 Å². The van der Waals surface area contributed by atoms with Gasteiger partial charge in [-0.1, -0.05) is 0 Å². The third kappa shape index (κ3) is 1.91. The Balaban J connectivity index is 3.23. The Morgan fingerprint density at radius 2 is 2.50 bits per heavy atom. The van der Waals surface area contributed by atoms with E-state index in [-0.39, 0.29) is 11.8 Å². The molecule has 0 saturated heterocycles. The van der Waals surface area contributed by atoms with E-state index >= 15 is 0 Å². The van der Waals surface area contributed by atoms with Gasteiger partial charge in [-0.2, -0.15) is 0 Å². The van der Waals surface area contributed by atoms with E-state index in [1.807, 2.05) is 0 Å². The van der Waals surface area contributed by atoms with Crippen molar-refractivity contribution >= 4 is 24.2 Å². The summed E-state index contributed by atoms with van der Waals surface area (Å²) in [7, 11) is 0. The zero-order valence-electron chi connectivity index (χ0n) is 3.15. The summed E-state index contributed by atoms with van der Waals surface area (Å²) in [6.07, 6.45) is 0. The first-order chi connectivity index (χ1) is 2.81. The molecule has 0 aliphatic heterocycles. The summed E-state index contributed by atoms with van der Waals surface area (Å²) in [6, 6.07) is 0. The van der Waals surface area contributed by atoms with E-state index < -0.39 is 0 Å². The summed E-state index contributed by atoms with van der Waals surface area (Å²) in [4.78, 5) is 12.8. The largest absolute Gasteiger partial charge is 0.271 e. The van der Waals surface area contributed by atoms with Crippen LogP contribution in [0.5, 0.6) is 0 Å². The summed E-state index contributed by atoms with van der Waals surface area (Å²) in [5.41, 5.74) is 0. The van der Waals surface area contributed by atoms with Crippen molar-refractivity contribution in [3.63, 3.8) is 0 Å². The third-order valence-corrected chi connectivity index (χ3v) is 0.519. The van der Waals surface area contributed by atoms with Crippen LogP contribution in [0.2, 0.25) is 0 Å². The Labute approximate surface area is 40.8 Å². The van der Waals surface area contributed by atoms with E-state index in [0.29, 0.717) is 0 Å². The minimum atomic E-state index is -0.378. The van der Waals surface area contributed by atoms with Crippen LogP contribution in [0.15, 0.2) is 4.99 Å². The fourth-order valence-corrected chi connectivity index (χ4v) is 0.127. The molecule has 0 aliphatic carbocycles. The SMILES string of the molecule is C=NC(=O)CCl. The highest BCUT2D eigenvalue weighted by atomic mass is 35.5. The van der Waals surface area contributed by atoms with Crippen LogP contribution < -0.4 is 0 Å². The number of carbonyl (C=O) groups is 1. The van der Waals surface area contributed by atoms with Crippen molar-refractivity contribution in [1.29, 1.82) is 0 Å². The van der Waals surface area contributed by atoms with Gasteiger partial charge in [0.1, 0.15) is 5.88 Å². The van der Waals surface area contributed by atoms with Gasteiger partial charge in [0, 0.05) is 0 Å². The molecule has 0 saturated carbocycles. The van der Waals surface area contributed by atoms with Crippen LogP contribution in [0, 0.1) is 0 Å². The Hall–Kier alpha value is -0.370. The molecule has 0 atom stereocenters. The number of nitrogens with zero attached hydrogens (tertiary/aromatic N) is 1. The van der Waals surface area contributed by atoms with Crippen LogP contribution in [-0.4, -0.2) is 18.5 Å². The summed E-state index contributed by atoms with van der Waals surface area (Å²) >= 11 is 4.97. The molecule has 6 heavy (non-hydrogen) atoms. The van der Waals surface area contributed by atoms with Gasteiger partial charge in [0.05, 0.1) is 0 Å². The minimum Gasteiger partial charge on any atom is -0.271 e. The van der Waals surface area contributed by atoms with Crippen LogP contribution in [0.3, 0.4) is 0 Å². The average molecular weight is 106 g/mol. The number of hydrogen-bond donors (Lipinski definition) is 0. The maximum atomic E-state index is 9.82. The van der Waals surface area contributed by atoms with Gasteiger partial charge in [-0.15, -0.1) is 11.6 Å². The Kier molecular flexibility index (Phi) is 2.67. The van der Waals surface area contributed by atoms with E-state index in [1.54, 1.807) is 0 Å². The first-order valence-corrected chi connectivity index (χ1v) is 1.90. The lowest BCUT2D eigenvalue weighted by atomic mass is 10.7. The number of halogens is 1. The Bertz CT molecular complexity index is 71.2. The number of carbonyl (C=O) groups excluding carboxylic acids is 1. The van der Waals surface area contributed by atoms with Crippen molar-refractivity contribution in [2.45, 2.75) is 0 Å². The van der Waals surface area contributed by atoms with Crippen molar-refractivity contribution in [3.8, 4) is 0 Å². The lowest BCUT2D eigenvalue weighted by molar-refractivity contribution is -0.115. The number of hydrogen-bond acceptors (Lipinski definition) is 1. The Morgan fingerprint density at radius 1 is 2.00 bits per heavy atom. The number of rotatable bonds is 1. The normalized spacial score (nSPS) is 7.50. The molecule has 3 heteroatoms. The van der Waals surface area contributed by atoms with Gasteiger partial charge in [-0.3, -0.25) is 4.79 Å². The number of alkyl halides is 1. The van der Waals surface area contributed by atoms with E-state index in [1.165, 1.54) is 0 Å². The summed E-state index contributed by atoms with van der Waals surface area (Å²) in [6.45, 7) is 2.95. The zero-order valence-corrected chi connectivity index (χ0v) is 3.90. The molecular formula is C3H4ClNO. The molecule has 0 rings (SSSR count). The van der Waals surface area contributed by atoms with Crippen molar-refractivity contribution in [1.82, 2.24) is 0 Å². The smallest absolute Gasteiger partial charge is 0.259 e. The van der Waals surface area contributed by atoms with E-state index in [2.05, 4.69) is 11.7 Å². The third-order valence-electron chi connectivity index (χ3n) is 0.291. The fraction of sp³-hybridized carbons (Fsp3) is 0.333. The molecule has 0 heterocycles. The van der Waals surface area contributed by atoms with E-state index in [4.69, 9.17) is 11.6 Å². The molecule has 0 aromatic rings. The van der Waals surface area contributed by atoms with Gasteiger partial charge < -0.3 is 0 Å². The average Bonchev–Trinajstić information content (AvgIpc) is 1.65. The maximum absolute atomic E-state index is 9.82. The van der Waals surface area contributed by atoms with Gasteiger partial charge in [-0.05, 0) is 6.72 Å². The van der Waals surface area contributed by atoms with E-state index in [0.717, 1.165) is 0 Å². The van der Waals surface area contributed by atoms with Gasteiger partial charge >= 0.3 is 0 Å². The highest BCUT2D eigenvalue weighted by Gasteiger charge is 1.85. The van der Waals surface area contributed by atoms with Crippen molar-refractivity contribution < 1.29 is 4.79 Å². The molecule has 0 radical (unpaired) electrons. The van der Waals surface area contributed by atoms with Crippen LogP contribution in [-0.2, 0) is 4.79 Å². The molecule has 0 bridgehead atoms. The Morgan fingerprint density at radius 3 is 2.50 bits per heavy atom. The monoisotopic (exact) mass is 105 g/mol. The second-order valence-corrected chi connectivity index (χ2v) is 0.953. The molecular weight excluding hydrogens is 101 g/mol. The van der Waals surface area contributed by atoms with Crippen molar-refractivity contribution in [2.24, 2.45) is 4.99 Å². The molecule has 0 unspecified atom stereocenters. The van der Waals surface area contributed by atoms with Gasteiger partial charge in [0.15, 0.2) is 0 Å². The zero-order chi connectivity index (χ0) is 4.99. The van der Waals surface area contributed by atoms with Gasteiger partial charge in [0.2, 0.25) is 0 Å². The second-order valence-electron chi connectivity index (χ2n) is 0.685. The first kappa shape index (κ1) is 5.63. The molecule has 2 nitrogen and oxygen atoms in total. The van der Waals surface area contributed by atoms with Crippen LogP contribution in [0.25, 0.3) is 0 Å². The molecule has 0 aromatic heterocycles. The molecule has 0 N–H and O–H groups in total. The molecule has 0 aromatic carbocycles. The van der Waals surface area contributed by atoms with Gasteiger partial charge in [-0.25, -0.2) is 4.99 Å². The maximum Gasteiger partial charge on any atom is 0.259 e. The number of amides is 1. The lowest BCUT2D eigenvalue weighted by Gasteiger charge is -1.73. The molecule has 0 fully saturated rings.